The zero-order valence-corrected chi connectivity index (χ0v) is 16.6. The Balaban J connectivity index is 1.94. The number of hydrogen-bond acceptors (Lipinski definition) is 5. The third kappa shape index (κ3) is 3.12. The van der Waals surface area contributed by atoms with Crippen molar-refractivity contribution in [3.05, 3.63) is 50.1 Å². The largest absolute Gasteiger partial charge is 0.383 e. The molecule has 0 amide bonds. The van der Waals surface area contributed by atoms with Gasteiger partial charge in [0, 0.05) is 35.5 Å². The smallest absolute Gasteiger partial charge is 0.262 e. The summed E-state index contributed by atoms with van der Waals surface area (Å²) in [7, 11) is 1.66. The first-order chi connectivity index (χ1) is 12.3. The fourth-order valence-corrected chi connectivity index (χ4v) is 4.22. The molecule has 138 valence electrons. The van der Waals surface area contributed by atoms with E-state index < -0.39 is 0 Å². The standard InChI is InChI=1S/C19H23N3O3S/c1-11-8-15(13(3)22(11)6-7-25-5)16(23)9-21-10-20-18-17(19(21)24)12(2)14(4)26-18/h8,10H,6-7,9H2,1-5H3. The Morgan fingerprint density at radius 2 is 2.00 bits per heavy atom. The Labute approximate surface area is 156 Å². The number of Topliss-reactive ketones (excluding diaryl/α,β-unsaturated/α-hetero) is 1. The van der Waals surface area contributed by atoms with Crippen LogP contribution in [0.4, 0.5) is 0 Å². The summed E-state index contributed by atoms with van der Waals surface area (Å²) >= 11 is 1.51. The quantitative estimate of drug-likeness (QED) is 0.623. The number of carbonyl (C=O) groups excluding carboxylic acids is 1. The van der Waals surface area contributed by atoms with Gasteiger partial charge >= 0.3 is 0 Å². The van der Waals surface area contributed by atoms with Gasteiger partial charge in [-0.1, -0.05) is 0 Å². The van der Waals surface area contributed by atoms with Crippen LogP contribution < -0.4 is 5.56 Å². The molecule has 3 aromatic heterocycles. The van der Waals surface area contributed by atoms with E-state index in [1.54, 1.807) is 7.11 Å². The lowest BCUT2D eigenvalue weighted by Gasteiger charge is -2.09. The lowest BCUT2D eigenvalue weighted by atomic mass is 10.1. The molecule has 0 aliphatic carbocycles. The van der Waals surface area contributed by atoms with Crippen LogP contribution in [0.2, 0.25) is 0 Å². The lowest BCUT2D eigenvalue weighted by molar-refractivity contribution is 0.0969. The molecular weight excluding hydrogens is 350 g/mol. The topological polar surface area (TPSA) is 66.1 Å². The maximum Gasteiger partial charge on any atom is 0.262 e. The number of carbonyl (C=O) groups is 1. The second-order valence-electron chi connectivity index (χ2n) is 6.49. The van der Waals surface area contributed by atoms with Gasteiger partial charge in [0.1, 0.15) is 4.83 Å². The van der Waals surface area contributed by atoms with Gasteiger partial charge in [-0.3, -0.25) is 14.2 Å². The first kappa shape index (κ1) is 18.5. The predicted octanol–water partition coefficient (Wildman–Crippen LogP) is 3.02. The Morgan fingerprint density at radius 1 is 1.27 bits per heavy atom. The number of nitrogens with zero attached hydrogens (tertiary/aromatic N) is 3. The summed E-state index contributed by atoms with van der Waals surface area (Å²) in [5, 5.41) is 0.619. The van der Waals surface area contributed by atoms with Gasteiger partial charge in [0.25, 0.3) is 5.56 Å². The van der Waals surface area contributed by atoms with Gasteiger partial charge in [0.15, 0.2) is 5.78 Å². The second-order valence-corrected chi connectivity index (χ2v) is 7.70. The molecule has 0 saturated heterocycles. The molecule has 6 nitrogen and oxygen atoms in total. The lowest BCUT2D eigenvalue weighted by Crippen LogP contribution is -2.25. The van der Waals surface area contributed by atoms with Crippen LogP contribution in [0, 0.1) is 27.7 Å². The Morgan fingerprint density at radius 3 is 2.69 bits per heavy atom. The van der Waals surface area contributed by atoms with E-state index in [-0.39, 0.29) is 17.9 Å². The highest BCUT2D eigenvalue weighted by atomic mass is 32.1. The summed E-state index contributed by atoms with van der Waals surface area (Å²) in [6.07, 6.45) is 1.47. The normalized spacial score (nSPS) is 11.4. The SMILES string of the molecule is COCCn1c(C)cc(C(=O)Cn2cnc3sc(C)c(C)c3c2=O)c1C. The van der Waals surface area contributed by atoms with E-state index >= 15 is 0 Å². The molecule has 0 unspecified atom stereocenters. The molecule has 0 spiro atoms. The van der Waals surface area contributed by atoms with Crippen molar-refractivity contribution < 1.29 is 9.53 Å². The molecule has 0 radical (unpaired) electrons. The van der Waals surface area contributed by atoms with Crippen molar-refractivity contribution in [2.75, 3.05) is 13.7 Å². The molecule has 3 aromatic rings. The number of aryl methyl sites for hydroxylation is 3. The first-order valence-corrected chi connectivity index (χ1v) is 9.30. The van der Waals surface area contributed by atoms with Crippen LogP contribution in [-0.4, -0.2) is 33.6 Å². The van der Waals surface area contributed by atoms with Crippen LogP contribution in [-0.2, 0) is 17.8 Å². The number of methoxy groups -OCH3 is 1. The van der Waals surface area contributed by atoms with Gasteiger partial charge < -0.3 is 9.30 Å². The monoisotopic (exact) mass is 373 g/mol. The fourth-order valence-electron chi connectivity index (χ4n) is 3.23. The highest BCUT2D eigenvalue weighted by Gasteiger charge is 2.18. The molecule has 0 aromatic carbocycles. The minimum atomic E-state index is -0.154. The number of ether oxygens (including phenoxy) is 1. The van der Waals surface area contributed by atoms with E-state index in [1.807, 2.05) is 33.8 Å². The van der Waals surface area contributed by atoms with E-state index in [1.165, 1.54) is 22.2 Å². The molecule has 0 saturated carbocycles. The molecule has 3 heterocycles. The van der Waals surface area contributed by atoms with Gasteiger partial charge in [-0.15, -0.1) is 11.3 Å². The van der Waals surface area contributed by atoms with E-state index in [0.717, 1.165) is 26.7 Å². The van der Waals surface area contributed by atoms with E-state index in [9.17, 15) is 9.59 Å². The van der Waals surface area contributed by atoms with Crippen molar-refractivity contribution in [2.24, 2.45) is 0 Å². The van der Waals surface area contributed by atoms with Crippen molar-refractivity contribution in [2.45, 2.75) is 40.8 Å². The third-order valence-corrected chi connectivity index (χ3v) is 5.98. The minimum absolute atomic E-state index is 0.00925. The van der Waals surface area contributed by atoms with Gasteiger partial charge in [-0.2, -0.15) is 0 Å². The number of thiophene rings is 1. The Hall–Kier alpha value is -2.25. The van der Waals surface area contributed by atoms with Crippen molar-refractivity contribution in [3.8, 4) is 0 Å². The zero-order valence-electron chi connectivity index (χ0n) is 15.8. The summed E-state index contributed by atoms with van der Waals surface area (Å²) in [4.78, 5) is 31.8. The Kier molecular flexibility index (Phi) is 5.11. The molecule has 0 aliphatic rings. The Bertz CT molecular complexity index is 1040. The predicted molar refractivity (Wildman–Crippen MR) is 103 cm³/mol. The van der Waals surface area contributed by atoms with E-state index in [2.05, 4.69) is 9.55 Å². The molecule has 0 N–H and O–H groups in total. The number of hydrogen-bond donors (Lipinski definition) is 0. The van der Waals surface area contributed by atoms with Crippen molar-refractivity contribution in [3.63, 3.8) is 0 Å². The minimum Gasteiger partial charge on any atom is -0.383 e. The summed E-state index contributed by atoms with van der Waals surface area (Å²) in [6, 6.07) is 1.88. The van der Waals surface area contributed by atoms with Crippen LogP contribution in [0.1, 0.15) is 32.2 Å². The molecule has 0 fully saturated rings. The number of fused-ring (bicyclic) bond motifs is 1. The highest BCUT2D eigenvalue weighted by molar-refractivity contribution is 7.18. The van der Waals surface area contributed by atoms with E-state index in [0.29, 0.717) is 24.1 Å². The zero-order chi connectivity index (χ0) is 19.0. The van der Waals surface area contributed by atoms with Gasteiger partial charge in [-0.25, -0.2) is 4.98 Å². The van der Waals surface area contributed by atoms with Gasteiger partial charge in [0.05, 0.1) is 24.9 Å². The van der Waals surface area contributed by atoms with Gasteiger partial charge in [-0.05, 0) is 39.3 Å². The average Bonchev–Trinajstić information content (AvgIpc) is 3.05. The molecule has 0 bridgehead atoms. The molecule has 7 heteroatoms. The molecule has 0 aliphatic heterocycles. The maximum atomic E-state index is 12.8. The van der Waals surface area contributed by atoms with Crippen LogP contribution >= 0.6 is 11.3 Å². The van der Waals surface area contributed by atoms with Crippen LogP contribution in [0.5, 0.6) is 0 Å². The first-order valence-electron chi connectivity index (χ1n) is 8.49. The fraction of sp³-hybridized carbons (Fsp3) is 0.421. The van der Waals surface area contributed by atoms with Crippen LogP contribution in [0.3, 0.4) is 0 Å². The van der Waals surface area contributed by atoms with Crippen molar-refractivity contribution in [1.29, 1.82) is 0 Å². The number of aromatic nitrogens is 3. The van der Waals surface area contributed by atoms with E-state index in [4.69, 9.17) is 4.74 Å². The maximum absolute atomic E-state index is 12.8. The van der Waals surface area contributed by atoms with Crippen LogP contribution in [0.25, 0.3) is 10.2 Å². The van der Waals surface area contributed by atoms with Crippen molar-refractivity contribution >= 4 is 27.3 Å². The third-order valence-electron chi connectivity index (χ3n) is 4.86. The molecule has 26 heavy (non-hydrogen) atoms. The van der Waals surface area contributed by atoms with Gasteiger partial charge in [0.2, 0.25) is 0 Å². The van der Waals surface area contributed by atoms with Crippen molar-refractivity contribution in [1.82, 2.24) is 14.1 Å². The average molecular weight is 373 g/mol. The number of rotatable bonds is 6. The summed E-state index contributed by atoms with van der Waals surface area (Å²) in [5.41, 5.74) is 3.34. The summed E-state index contributed by atoms with van der Waals surface area (Å²) in [6.45, 7) is 9.06. The molecule has 3 rings (SSSR count). The molecule has 0 atom stereocenters. The number of ketones is 1. The molecular formula is C19H23N3O3S. The summed E-state index contributed by atoms with van der Waals surface area (Å²) < 4.78 is 8.60. The highest BCUT2D eigenvalue weighted by Crippen LogP contribution is 2.25. The second kappa shape index (κ2) is 7.17. The summed E-state index contributed by atoms with van der Waals surface area (Å²) in [5.74, 6) is -0.0883. The van der Waals surface area contributed by atoms with Crippen LogP contribution in [0.15, 0.2) is 17.2 Å².